The Hall–Kier alpha value is -2.23. The van der Waals surface area contributed by atoms with Crippen LogP contribution in [-0.2, 0) is 14.8 Å². The smallest absolute Gasteiger partial charge is 0.242 e. The maximum atomic E-state index is 12.5. The molecule has 1 aromatic carbocycles. The van der Waals surface area contributed by atoms with Gasteiger partial charge in [0.1, 0.15) is 6.04 Å². The van der Waals surface area contributed by atoms with Gasteiger partial charge in [-0.05, 0) is 25.0 Å². The number of amides is 1. The molecule has 1 saturated heterocycles. The summed E-state index contributed by atoms with van der Waals surface area (Å²) in [5.74, 6) is -0.289. The van der Waals surface area contributed by atoms with Crippen LogP contribution in [0, 0.1) is 0 Å². The molecule has 136 valence electrons. The van der Waals surface area contributed by atoms with Gasteiger partial charge < -0.3 is 5.32 Å². The highest BCUT2D eigenvalue weighted by molar-refractivity contribution is 7.88. The first-order chi connectivity index (χ1) is 12.4. The van der Waals surface area contributed by atoms with Crippen molar-refractivity contribution in [3.8, 4) is 11.3 Å². The number of sulfonamides is 1. The first-order valence-electron chi connectivity index (χ1n) is 8.22. The number of fused-ring (bicyclic) bond motifs is 1. The molecule has 7 nitrogen and oxygen atoms in total. The second-order valence-electron chi connectivity index (χ2n) is 6.32. The summed E-state index contributed by atoms with van der Waals surface area (Å²) in [6, 6.07) is 6.77. The topological polar surface area (TPSA) is 83.8 Å². The number of nitrogens with zero attached hydrogens (tertiary/aromatic N) is 3. The van der Waals surface area contributed by atoms with Crippen molar-refractivity contribution >= 4 is 37.9 Å². The minimum atomic E-state index is -3.38. The second-order valence-corrected chi connectivity index (χ2v) is 9.13. The quantitative estimate of drug-likeness (QED) is 0.742. The van der Waals surface area contributed by atoms with Crippen LogP contribution in [0.1, 0.15) is 12.8 Å². The third kappa shape index (κ3) is 3.25. The van der Waals surface area contributed by atoms with Crippen LogP contribution in [0.5, 0.6) is 0 Å². The molecular weight excluding hydrogens is 372 g/mol. The van der Waals surface area contributed by atoms with Gasteiger partial charge in [0.2, 0.25) is 15.9 Å². The van der Waals surface area contributed by atoms with Gasteiger partial charge in [0.05, 0.1) is 11.9 Å². The molecule has 0 aliphatic carbocycles. The Morgan fingerprint density at radius 2 is 2.08 bits per heavy atom. The zero-order valence-electron chi connectivity index (χ0n) is 14.1. The van der Waals surface area contributed by atoms with Crippen molar-refractivity contribution in [1.82, 2.24) is 13.7 Å². The number of anilines is 1. The predicted molar refractivity (Wildman–Crippen MR) is 102 cm³/mol. The highest BCUT2D eigenvalue weighted by Crippen LogP contribution is 2.25. The molecule has 1 aliphatic heterocycles. The predicted octanol–water partition coefficient (Wildman–Crippen LogP) is 2.43. The van der Waals surface area contributed by atoms with Crippen molar-refractivity contribution < 1.29 is 13.2 Å². The summed E-state index contributed by atoms with van der Waals surface area (Å²) in [6.07, 6.45) is 6.30. The van der Waals surface area contributed by atoms with Crippen molar-refractivity contribution in [2.75, 3.05) is 18.1 Å². The molecule has 1 N–H and O–H groups in total. The van der Waals surface area contributed by atoms with E-state index in [2.05, 4.69) is 10.3 Å². The standard InChI is InChI=1S/C17H18N4O3S2/c1-26(23,24)21-8-2-3-15(21)16(22)18-13-6-4-12(5-7-13)14-11-20-9-10-25-17(20)19-14/h4-7,9-11,15H,2-3,8H2,1H3,(H,18,22)/t15-/m0/s1. The molecule has 3 aromatic rings. The molecular formula is C17H18N4O3S2. The van der Waals surface area contributed by atoms with Crippen molar-refractivity contribution in [2.24, 2.45) is 0 Å². The van der Waals surface area contributed by atoms with E-state index in [9.17, 15) is 13.2 Å². The van der Waals surface area contributed by atoms with E-state index in [4.69, 9.17) is 0 Å². The second kappa shape index (κ2) is 6.49. The average Bonchev–Trinajstić information content (AvgIpc) is 3.30. The summed E-state index contributed by atoms with van der Waals surface area (Å²) >= 11 is 1.57. The summed E-state index contributed by atoms with van der Waals surface area (Å²) < 4.78 is 26.8. The van der Waals surface area contributed by atoms with E-state index in [1.54, 1.807) is 23.5 Å². The van der Waals surface area contributed by atoms with Crippen molar-refractivity contribution in [3.05, 3.63) is 42.0 Å². The van der Waals surface area contributed by atoms with Gasteiger partial charge in [0.25, 0.3) is 0 Å². The van der Waals surface area contributed by atoms with E-state index in [0.717, 1.165) is 22.5 Å². The van der Waals surface area contributed by atoms with Gasteiger partial charge >= 0.3 is 0 Å². The van der Waals surface area contributed by atoms with E-state index in [1.165, 1.54) is 4.31 Å². The lowest BCUT2D eigenvalue weighted by molar-refractivity contribution is -0.119. The van der Waals surface area contributed by atoms with E-state index in [1.807, 2.05) is 34.3 Å². The highest BCUT2D eigenvalue weighted by Gasteiger charge is 2.36. The lowest BCUT2D eigenvalue weighted by Gasteiger charge is -2.21. The van der Waals surface area contributed by atoms with Crippen LogP contribution >= 0.6 is 11.3 Å². The van der Waals surface area contributed by atoms with Crippen LogP contribution < -0.4 is 5.32 Å². The van der Waals surface area contributed by atoms with Crippen LogP contribution in [0.15, 0.2) is 42.0 Å². The van der Waals surface area contributed by atoms with Crippen molar-refractivity contribution in [3.63, 3.8) is 0 Å². The fourth-order valence-corrected chi connectivity index (χ4v) is 5.04. The van der Waals surface area contributed by atoms with Crippen LogP contribution in [0.4, 0.5) is 5.69 Å². The number of benzene rings is 1. The Balaban J connectivity index is 1.49. The van der Waals surface area contributed by atoms with Crippen LogP contribution in [-0.4, -0.2) is 46.9 Å². The van der Waals surface area contributed by atoms with Crippen molar-refractivity contribution in [2.45, 2.75) is 18.9 Å². The summed E-state index contributed by atoms with van der Waals surface area (Å²) in [5, 5.41) is 4.80. The minimum Gasteiger partial charge on any atom is -0.325 e. The fraction of sp³-hybridized carbons (Fsp3) is 0.294. The number of aromatic nitrogens is 2. The van der Waals surface area contributed by atoms with Gasteiger partial charge in [0.15, 0.2) is 4.96 Å². The van der Waals surface area contributed by atoms with E-state index in [0.29, 0.717) is 25.1 Å². The summed E-state index contributed by atoms with van der Waals surface area (Å²) in [7, 11) is -3.38. The van der Waals surface area contributed by atoms with E-state index < -0.39 is 16.1 Å². The molecule has 9 heteroatoms. The molecule has 0 unspecified atom stereocenters. The zero-order chi connectivity index (χ0) is 18.3. The highest BCUT2D eigenvalue weighted by atomic mass is 32.2. The molecule has 4 rings (SSSR count). The molecule has 0 spiro atoms. The molecule has 0 bridgehead atoms. The molecule has 1 atom stereocenters. The third-order valence-electron chi connectivity index (χ3n) is 4.47. The number of hydrogen-bond donors (Lipinski definition) is 1. The van der Waals surface area contributed by atoms with E-state index >= 15 is 0 Å². The van der Waals surface area contributed by atoms with E-state index in [-0.39, 0.29) is 5.91 Å². The summed E-state index contributed by atoms with van der Waals surface area (Å²) in [4.78, 5) is 18.0. The fourth-order valence-electron chi connectivity index (χ4n) is 3.22. The Morgan fingerprint density at radius 1 is 1.31 bits per heavy atom. The normalized spacial score (nSPS) is 18.4. The first-order valence-corrected chi connectivity index (χ1v) is 10.9. The Kier molecular flexibility index (Phi) is 4.29. The largest absolute Gasteiger partial charge is 0.325 e. The number of carbonyl (C=O) groups is 1. The number of carbonyl (C=O) groups excluding carboxylic acids is 1. The molecule has 0 saturated carbocycles. The monoisotopic (exact) mass is 390 g/mol. The van der Waals surface area contributed by atoms with Gasteiger partial charge in [-0.1, -0.05) is 12.1 Å². The van der Waals surface area contributed by atoms with Gasteiger partial charge in [-0.3, -0.25) is 9.20 Å². The van der Waals surface area contributed by atoms with Gasteiger partial charge in [-0.2, -0.15) is 4.31 Å². The number of thiazole rings is 1. The Labute approximate surface area is 155 Å². The lowest BCUT2D eigenvalue weighted by Crippen LogP contribution is -2.42. The molecule has 1 fully saturated rings. The molecule has 0 radical (unpaired) electrons. The number of rotatable bonds is 4. The molecule has 2 aromatic heterocycles. The molecule has 1 amide bonds. The average molecular weight is 390 g/mol. The summed E-state index contributed by atoms with van der Waals surface area (Å²) in [5.41, 5.74) is 2.46. The Morgan fingerprint density at radius 3 is 2.77 bits per heavy atom. The lowest BCUT2D eigenvalue weighted by atomic mass is 10.1. The number of nitrogens with one attached hydrogen (secondary N) is 1. The molecule has 26 heavy (non-hydrogen) atoms. The maximum absolute atomic E-state index is 12.5. The van der Waals surface area contributed by atoms with Crippen LogP contribution in [0.2, 0.25) is 0 Å². The van der Waals surface area contributed by atoms with Gasteiger partial charge in [-0.15, -0.1) is 11.3 Å². The van der Waals surface area contributed by atoms with Crippen LogP contribution in [0.25, 0.3) is 16.2 Å². The van der Waals surface area contributed by atoms with Gasteiger partial charge in [-0.25, -0.2) is 13.4 Å². The van der Waals surface area contributed by atoms with Gasteiger partial charge in [0, 0.05) is 35.6 Å². The Bertz CT molecular complexity index is 1020. The SMILES string of the molecule is CS(=O)(=O)N1CCC[C@H]1C(=O)Nc1ccc(-c2cn3ccsc3n2)cc1. The molecule has 3 heterocycles. The first kappa shape index (κ1) is 17.2. The van der Waals surface area contributed by atoms with Crippen molar-refractivity contribution in [1.29, 1.82) is 0 Å². The maximum Gasteiger partial charge on any atom is 0.242 e. The number of imidazole rings is 1. The third-order valence-corrected chi connectivity index (χ3v) is 6.53. The zero-order valence-corrected chi connectivity index (χ0v) is 15.8. The summed E-state index contributed by atoms with van der Waals surface area (Å²) in [6.45, 7) is 0.396. The number of hydrogen-bond acceptors (Lipinski definition) is 5. The molecule has 1 aliphatic rings. The van der Waals surface area contributed by atoms with Crippen LogP contribution in [0.3, 0.4) is 0 Å². The minimum absolute atomic E-state index is 0.289.